The predicted octanol–water partition coefficient (Wildman–Crippen LogP) is 6.26. The summed E-state index contributed by atoms with van der Waals surface area (Å²) in [6.07, 6.45) is 0.820. The van der Waals surface area contributed by atoms with E-state index in [1.54, 1.807) is 0 Å². The third-order valence-corrected chi connectivity index (χ3v) is 11.1. The standard InChI is InChI=1S/C19H27BrClNO3Si/c1-19(2,3)26(5,6)25-11-7-10-22-15-9-8-14(21)17(20)13(15)12-16(22)18(23)24-4/h8-9,12H,7,10-11H2,1-6H3. The number of rotatable bonds is 6. The van der Waals surface area contributed by atoms with Crippen LogP contribution in [0.3, 0.4) is 0 Å². The molecule has 144 valence electrons. The van der Waals surface area contributed by atoms with Gasteiger partial charge in [-0.1, -0.05) is 32.4 Å². The molecule has 2 aromatic rings. The van der Waals surface area contributed by atoms with E-state index in [1.807, 2.05) is 22.8 Å². The Balaban J connectivity index is 2.23. The fourth-order valence-corrected chi connectivity index (χ4v) is 4.26. The Bertz CT molecular complexity index is 811. The van der Waals surface area contributed by atoms with Crippen molar-refractivity contribution < 1.29 is 14.0 Å². The van der Waals surface area contributed by atoms with E-state index >= 15 is 0 Å². The highest BCUT2D eigenvalue weighted by Gasteiger charge is 2.36. The average molecular weight is 461 g/mol. The van der Waals surface area contributed by atoms with Crippen molar-refractivity contribution in [1.29, 1.82) is 0 Å². The van der Waals surface area contributed by atoms with Crippen LogP contribution in [-0.2, 0) is 15.7 Å². The van der Waals surface area contributed by atoms with Crippen molar-refractivity contribution in [3.05, 3.63) is 33.4 Å². The zero-order valence-corrected chi connectivity index (χ0v) is 19.6. The summed E-state index contributed by atoms with van der Waals surface area (Å²) in [6, 6.07) is 5.59. The minimum atomic E-state index is -1.77. The summed E-state index contributed by atoms with van der Waals surface area (Å²) in [5.74, 6) is -0.352. The smallest absolute Gasteiger partial charge is 0.354 e. The molecule has 0 amide bonds. The van der Waals surface area contributed by atoms with Gasteiger partial charge in [0.25, 0.3) is 0 Å². The van der Waals surface area contributed by atoms with Crippen LogP contribution in [0.1, 0.15) is 37.7 Å². The van der Waals surface area contributed by atoms with Crippen LogP contribution < -0.4 is 0 Å². The molecule has 1 heterocycles. The summed E-state index contributed by atoms with van der Waals surface area (Å²) in [7, 11) is -0.369. The lowest BCUT2D eigenvalue weighted by atomic mass is 10.2. The van der Waals surface area contributed by atoms with Gasteiger partial charge in [0.1, 0.15) is 5.69 Å². The molecule has 1 aromatic carbocycles. The maximum Gasteiger partial charge on any atom is 0.354 e. The molecule has 0 bridgehead atoms. The number of hydrogen-bond acceptors (Lipinski definition) is 3. The van der Waals surface area contributed by atoms with Gasteiger partial charge in [0.05, 0.1) is 12.1 Å². The number of halogens is 2. The monoisotopic (exact) mass is 459 g/mol. The Hall–Kier alpha value is -0.823. The van der Waals surface area contributed by atoms with E-state index in [0.29, 0.717) is 23.9 Å². The first-order chi connectivity index (χ1) is 12.0. The van der Waals surface area contributed by atoms with Gasteiger partial charge < -0.3 is 13.7 Å². The van der Waals surface area contributed by atoms with E-state index in [0.717, 1.165) is 21.8 Å². The molecular weight excluding hydrogens is 434 g/mol. The second-order valence-electron chi connectivity index (χ2n) is 7.93. The molecule has 0 spiro atoms. The molecule has 0 atom stereocenters. The van der Waals surface area contributed by atoms with E-state index in [4.69, 9.17) is 20.8 Å². The maximum atomic E-state index is 12.2. The Morgan fingerprint density at radius 1 is 1.31 bits per heavy atom. The molecular formula is C19H27BrClNO3Si. The normalized spacial score (nSPS) is 12.6. The van der Waals surface area contributed by atoms with Crippen molar-refractivity contribution in [2.24, 2.45) is 0 Å². The lowest BCUT2D eigenvalue weighted by molar-refractivity contribution is 0.0588. The molecule has 0 aliphatic heterocycles. The van der Waals surface area contributed by atoms with E-state index in [2.05, 4.69) is 49.8 Å². The highest BCUT2D eigenvalue weighted by atomic mass is 79.9. The molecule has 4 nitrogen and oxygen atoms in total. The van der Waals surface area contributed by atoms with Crippen LogP contribution in [0.15, 0.2) is 22.7 Å². The quantitative estimate of drug-likeness (QED) is 0.290. The Morgan fingerprint density at radius 3 is 2.54 bits per heavy atom. The molecule has 2 rings (SSSR count). The predicted molar refractivity (Wildman–Crippen MR) is 114 cm³/mol. The zero-order valence-electron chi connectivity index (χ0n) is 16.3. The van der Waals surface area contributed by atoms with E-state index in [9.17, 15) is 4.79 Å². The fourth-order valence-electron chi connectivity index (χ4n) is 2.55. The number of hydrogen-bond donors (Lipinski definition) is 0. The summed E-state index contributed by atoms with van der Waals surface area (Å²) in [5, 5.41) is 1.71. The number of benzene rings is 1. The first kappa shape index (κ1) is 21.5. The van der Waals surface area contributed by atoms with Crippen LogP contribution in [0.5, 0.6) is 0 Å². The van der Waals surface area contributed by atoms with Crippen molar-refractivity contribution in [2.75, 3.05) is 13.7 Å². The third-order valence-electron chi connectivity index (χ3n) is 5.16. The molecule has 26 heavy (non-hydrogen) atoms. The van der Waals surface area contributed by atoms with Gasteiger partial charge in [-0.05, 0) is 58.7 Å². The van der Waals surface area contributed by atoms with Crippen LogP contribution in [0.4, 0.5) is 0 Å². The highest BCUT2D eigenvalue weighted by Crippen LogP contribution is 2.37. The molecule has 0 aliphatic carbocycles. The number of fused-ring (bicyclic) bond motifs is 1. The largest absolute Gasteiger partial charge is 0.464 e. The molecule has 0 saturated heterocycles. The Labute approximate surface area is 170 Å². The van der Waals surface area contributed by atoms with Gasteiger partial charge in [-0.3, -0.25) is 0 Å². The number of ether oxygens (including phenoxy) is 1. The van der Waals surface area contributed by atoms with Gasteiger partial charge in [-0.2, -0.15) is 0 Å². The summed E-state index contributed by atoms with van der Waals surface area (Å²) in [5.41, 5.74) is 1.48. The van der Waals surface area contributed by atoms with Gasteiger partial charge in [0, 0.05) is 28.5 Å². The summed E-state index contributed by atoms with van der Waals surface area (Å²) in [4.78, 5) is 12.2. The molecule has 7 heteroatoms. The van der Waals surface area contributed by atoms with Crippen molar-refractivity contribution >= 4 is 52.7 Å². The van der Waals surface area contributed by atoms with Gasteiger partial charge in [0.15, 0.2) is 8.32 Å². The Kier molecular flexibility index (Phi) is 6.65. The van der Waals surface area contributed by atoms with Crippen molar-refractivity contribution in [3.63, 3.8) is 0 Å². The van der Waals surface area contributed by atoms with Crippen LogP contribution in [0.25, 0.3) is 10.9 Å². The molecule has 0 fully saturated rings. The van der Waals surface area contributed by atoms with Crippen molar-refractivity contribution in [3.8, 4) is 0 Å². The van der Waals surface area contributed by atoms with Crippen LogP contribution in [0.2, 0.25) is 23.2 Å². The second-order valence-corrected chi connectivity index (χ2v) is 13.9. The molecule has 0 saturated carbocycles. The van der Waals surface area contributed by atoms with Crippen LogP contribution >= 0.6 is 27.5 Å². The number of carbonyl (C=O) groups excluding carboxylic acids is 1. The highest BCUT2D eigenvalue weighted by molar-refractivity contribution is 9.10. The molecule has 0 N–H and O–H groups in total. The molecule has 0 radical (unpaired) electrons. The molecule has 0 unspecified atom stereocenters. The minimum Gasteiger partial charge on any atom is -0.464 e. The second kappa shape index (κ2) is 8.05. The number of esters is 1. The number of carbonyl (C=O) groups is 1. The van der Waals surface area contributed by atoms with E-state index < -0.39 is 8.32 Å². The van der Waals surface area contributed by atoms with Crippen LogP contribution in [0, 0.1) is 0 Å². The summed E-state index contributed by atoms with van der Waals surface area (Å²) >= 11 is 9.71. The van der Waals surface area contributed by atoms with Gasteiger partial charge in [0.2, 0.25) is 0 Å². The number of nitrogens with zero attached hydrogens (tertiary/aromatic N) is 1. The van der Waals surface area contributed by atoms with Crippen LogP contribution in [-0.4, -0.2) is 32.6 Å². The minimum absolute atomic E-state index is 0.186. The number of methoxy groups -OCH3 is 1. The van der Waals surface area contributed by atoms with Gasteiger partial charge in [-0.25, -0.2) is 4.79 Å². The topological polar surface area (TPSA) is 40.5 Å². The SMILES string of the molecule is COC(=O)c1cc2c(Br)c(Cl)ccc2n1CCCO[Si](C)(C)C(C)(C)C. The van der Waals surface area contributed by atoms with Crippen molar-refractivity contribution in [2.45, 2.75) is 51.9 Å². The lowest BCUT2D eigenvalue weighted by Gasteiger charge is -2.36. The first-order valence-corrected chi connectivity index (χ1v) is 12.8. The lowest BCUT2D eigenvalue weighted by Crippen LogP contribution is -2.41. The Morgan fingerprint density at radius 2 is 1.96 bits per heavy atom. The third kappa shape index (κ3) is 4.35. The number of aryl methyl sites for hydroxylation is 1. The average Bonchev–Trinajstić information content (AvgIpc) is 2.92. The first-order valence-electron chi connectivity index (χ1n) is 8.69. The summed E-state index contributed by atoms with van der Waals surface area (Å²) < 4.78 is 14.0. The van der Waals surface area contributed by atoms with Crippen molar-refractivity contribution in [1.82, 2.24) is 4.57 Å². The molecule has 1 aromatic heterocycles. The summed E-state index contributed by atoms with van der Waals surface area (Å²) in [6.45, 7) is 12.5. The number of aromatic nitrogens is 1. The van der Waals surface area contributed by atoms with Gasteiger partial charge in [-0.15, -0.1) is 0 Å². The van der Waals surface area contributed by atoms with E-state index in [1.165, 1.54) is 7.11 Å². The molecule has 0 aliphatic rings. The van der Waals surface area contributed by atoms with Gasteiger partial charge >= 0.3 is 5.97 Å². The van der Waals surface area contributed by atoms with E-state index in [-0.39, 0.29) is 11.0 Å². The fraction of sp³-hybridized carbons (Fsp3) is 0.526. The zero-order chi connectivity index (χ0) is 19.7. The maximum absolute atomic E-state index is 12.2.